The van der Waals surface area contributed by atoms with Gasteiger partial charge in [-0.15, -0.1) is 0 Å². The van der Waals surface area contributed by atoms with Gasteiger partial charge < -0.3 is 15.0 Å². The van der Waals surface area contributed by atoms with Crippen molar-refractivity contribution in [3.05, 3.63) is 59.9 Å². The number of carbonyl (C=O) groups is 1. The van der Waals surface area contributed by atoms with Crippen molar-refractivity contribution < 1.29 is 13.9 Å². The van der Waals surface area contributed by atoms with Crippen LogP contribution in [0.1, 0.15) is 24.8 Å². The standard InChI is InChI=1S/C21H27FN2O2/c1-24(18-8-4-3-5-9-18)15-7-6-14-23-21(25)13-11-17-10-12-20(26-2)19(22)16-17/h3-5,8-10,12,16H,6-7,11,13-15H2,1-2H3,(H,23,25). The quantitative estimate of drug-likeness (QED) is 0.657. The number of rotatable bonds is 10. The zero-order valence-electron chi connectivity index (χ0n) is 15.5. The summed E-state index contributed by atoms with van der Waals surface area (Å²) in [5.74, 6) is -0.177. The second kappa shape index (κ2) is 10.4. The molecule has 0 unspecified atom stereocenters. The van der Waals surface area contributed by atoms with Gasteiger partial charge in [-0.25, -0.2) is 4.39 Å². The minimum atomic E-state index is -0.395. The highest BCUT2D eigenvalue weighted by Gasteiger charge is 2.06. The lowest BCUT2D eigenvalue weighted by molar-refractivity contribution is -0.121. The van der Waals surface area contributed by atoms with Gasteiger partial charge in [0, 0.05) is 32.2 Å². The monoisotopic (exact) mass is 358 g/mol. The van der Waals surface area contributed by atoms with E-state index in [1.807, 2.05) is 18.2 Å². The van der Waals surface area contributed by atoms with Crippen LogP contribution in [0.4, 0.5) is 10.1 Å². The van der Waals surface area contributed by atoms with Gasteiger partial charge in [0.05, 0.1) is 7.11 Å². The number of halogens is 1. The molecular weight excluding hydrogens is 331 g/mol. The maximum absolute atomic E-state index is 13.6. The highest BCUT2D eigenvalue weighted by Crippen LogP contribution is 2.18. The number of unbranched alkanes of at least 4 members (excludes halogenated alkanes) is 1. The van der Waals surface area contributed by atoms with Crippen LogP contribution < -0.4 is 15.0 Å². The van der Waals surface area contributed by atoms with E-state index in [4.69, 9.17) is 4.74 Å². The maximum atomic E-state index is 13.6. The van der Waals surface area contributed by atoms with Crippen molar-refractivity contribution in [1.29, 1.82) is 0 Å². The van der Waals surface area contributed by atoms with Crippen molar-refractivity contribution in [2.75, 3.05) is 32.1 Å². The van der Waals surface area contributed by atoms with Crippen molar-refractivity contribution in [2.24, 2.45) is 0 Å². The molecule has 5 heteroatoms. The molecular formula is C21H27FN2O2. The van der Waals surface area contributed by atoms with Crippen LogP contribution in [0, 0.1) is 5.82 Å². The van der Waals surface area contributed by atoms with Gasteiger partial charge in [0.25, 0.3) is 0 Å². The highest BCUT2D eigenvalue weighted by molar-refractivity contribution is 5.76. The van der Waals surface area contributed by atoms with E-state index in [2.05, 4.69) is 29.4 Å². The SMILES string of the molecule is COc1ccc(CCC(=O)NCCCCN(C)c2ccccc2)cc1F. The Bertz CT molecular complexity index is 692. The summed E-state index contributed by atoms with van der Waals surface area (Å²) < 4.78 is 18.5. The van der Waals surface area contributed by atoms with Crippen LogP contribution in [0.15, 0.2) is 48.5 Å². The van der Waals surface area contributed by atoms with Crippen LogP contribution in [0.5, 0.6) is 5.75 Å². The zero-order chi connectivity index (χ0) is 18.8. The van der Waals surface area contributed by atoms with Gasteiger partial charge in [0.15, 0.2) is 11.6 Å². The Labute approximate surface area is 155 Å². The topological polar surface area (TPSA) is 41.6 Å². The maximum Gasteiger partial charge on any atom is 0.220 e. The van der Waals surface area contributed by atoms with Gasteiger partial charge in [0.1, 0.15) is 0 Å². The van der Waals surface area contributed by atoms with E-state index in [1.54, 1.807) is 12.1 Å². The van der Waals surface area contributed by atoms with Gasteiger partial charge in [-0.3, -0.25) is 4.79 Å². The third-order valence-electron chi connectivity index (χ3n) is 4.30. The molecule has 0 spiro atoms. The van der Waals surface area contributed by atoms with E-state index in [0.717, 1.165) is 24.9 Å². The average molecular weight is 358 g/mol. The fraction of sp³-hybridized carbons (Fsp3) is 0.381. The number of aryl methyl sites for hydroxylation is 1. The minimum Gasteiger partial charge on any atom is -0.494 e. The van der Waals surface area contributed by atoms with Crippen molar-refractivity contribution in [2.45, 2.75) is 25.7 Å². The Morgan fingerprint density at radius 3 is 2.62 bits per heavy atom. The third-order valence-corrected chi connectivity index (χ3v) is 4.30. The first-order valence-electron chi connectivity index (χ1n) is 8.95. The summed E-state index contributed by atoms with van der Waals surface area (Å²) in [5, 5.41) is 2.93. The number of ether oxygens (including phenoxy) is 1. The third kappa shape index (κ3) is 6.39. The van der Waals surface area contributed by atoms with Crippen molar-refractivity contribution in [1.82, 2.24) is 5.32 Å². The van der Waals surface area contributed by atoms with Gasteiger partial charge in [0.2, 0.25) is 5.91 Å². The molecule has 1 N–H and O–H groups in total. The average Bonchev–Trinajstić information content (AvgIpc) is 2.66. The van der Waals surface area contributed by atoms with Crippen LogP contribution in [0.25, 0.3) is 0 Å². The molecule has 2 aromatic carbocycles. The van der Waals surface area contributed by atoms with E-state index in [9.17, 15) is 9.18 Å². The molecule has 0 fully saturated rings. The number of hydrogen-bond acceptors (Lipinski definition) is 3. The molecule has 140 valence electrons. The fourth-order valence-corrected chi connectivity index (χ4v) is 2.73. The molecule has 0 aliphatic rings. The molecule has 0 saturated heterocycles. The Morgan fingerprint density at radius 2 is 1.92 bits per heavy atom. The van der Waals surface area contributed by atoms with Crippen LogP contribution in [-0.4, -0.2) is 33.2 Å². The predicted molar refractivity (Wildman–Crippen MR) is 103 cm³/mol. The smallest absolute Gasteiger partial charge is 0.220 e. The number of nitrogens with one attached hydrogen (secondary N) is 1. The van der Waals surface area contributed by atoms with Gasteiger partial charge in [-0.1, -0.05) is 24.3 Å². The summed E-state index contributed by atoms with van der Waals surface area (Å²) in [7, 11) is 3.51. The molecule has 4 nitrogen and oxygen atoms in total. The number of anilines is 1. The second-order valence-electron chi connectivity index (χ2n) is 6.28. The van der Waals surface area contributed by atoms with Crippen molar-refractivity contribution in [3.63, 3.8) is 0 Å². The molecule has 0 heterocycles. The summed E-state index contributed by atoms with van der Waals surface area (Å²) in [5.41, 5.74) is 1.99. The normalized spacial score (nSPS) is 10.4. The summed E-state index contributed by atoms with van der Waals surface area (Å²) in [6.45, 7) is 1.61. The molecule has 0 saturated carbocycles. The molecule has 2 aromatic rings. The molecule has 0 aliphatic heterocycles. The lowest BCUT2D eigenvalue weighted by atomic mass is 10.1. The zero-order valence-corrected chi connectivity index (χ0v) is 15.5. The lowest BCUT2D eigenvalue weighted by Gasteiger charge is -2.19. The van der Waals surface area contributed by atoms with E-state index in [-0.39, 0.29) is 11.7 Å². The Hall–Kier alpha value is -2.56. The summed E-state index contributed by atoms with van der Waals surface area (Å²) in [6, 6.07) is 15.0. The Balaban J connectivity index is 1.59. The number of carbonyl (C=O) groups excluding carboxylic acids is 1. The Morgan fingerprint density at radius 1 is 1.15 bits per heavy atom. The van der Waals surface area contributed by atoms with Gasteiger partial charge in [-0.2, -0.15) is 0 Å². The number of benzene rings is 2. The summed E-state index contributed by atoms with van der Waals surface area (Å²) in [4.78, 5) is 14.1. The molecule has 0 bridgehead atoms. The highest BCUT2D eigenvalue weighted by atomic mass is 19.1. The summed E-state index contributed by atoms with van der Waals surface area (Å²) in [6.07, 6.45) is 2.81. The molecule has 0 aliphatic carbocycles. The van der Waals surface area contributed by atoms with Crippen LogP contribution >= 0.6 is 0 Å². The number of amides is 1. The number of para-hydroxylation sites is 1. The van der Waals surface area contributed by atoms with E-state index < -0.39 is 5.82 Å². The lowest BCUT2D eigenvalue weighted by Crippen LogP contribution is -2.26. The molecule has 0 atom stereocenters. The molecule has 1 amide bonds. The second-order valence-corrected chi connectivity index (χ2v) is 6.28. The number of nitrogens with zero attached hydrogens (tertiary/aromatic N) is 1. The van der Waals surface area contributed by atoms with Crippen LogP contribution in [0.3, 0.4) is 0 Å². The molecule has 0 radical (unpaired) electrons. The number of hydrogen-bond donors (Lipinski definition) is 1. The van der Waals surface area contributed by atoms with Crippen LogP contribution in [0.2, 0.25) is 0 Å². The fourth-order valence-electron chi connectivity index (χ4n) is 2.73. The first kappa shape index (κ1) is 19.8. The van der Waals surface area contributed by atoms with Crippen molar-refractivity contribution in [3.8, 4) is 5.75 Å². The predicted octanol–water partition coefficient (Wildman–Crippen LogP) is 3.80. The van der Waals surface area contributed by atoms with E-state index >= 15 is 0 Å². The largest absolute Gasteiger partial charge is 0.494 e. The van der Waals surface area contributed by atoms with Gasteiger partial charge in [-0.05, 0) is 49.1 Å². The minimum absolute atomic E-state index is 0.00219. The molecule has 2 rings (SSSR count). The number of methoxy groups -OCH3 is 1. The summed E-state index contributed by atoms with van der Waals surface area (Å²) >= 11 is 0. The van der Waals surface area contributed by atoms with Gasteiger partial charge >= 0.3 is 0 Å². The van der Waals surface area contributed by atoms with Crippen molar-refractivity contribution >= 4 is 11.6 Å². The van der Waals surface area contributed by atoms with Crippen LogP contribution in [-0.2, 0) is 11.2 Å². The molecule has 0 aromatic heterocycles. The van der Waals surface area contributed by atoms with E-state index in [0.29, 0.717) is 19.4 Å². The molecule has 26 heavy (non-hydrogen) atoms. The van der Waals surface area contributed by atoms with E-state index in [1.165, 1.54) is 18.9 Å². The Kier molecular flexibility index (Phi) is 7.93. The first-order chi connectivity index (χ1) is 12.6. The first-order valence-corrected chi connectivity index (χ1v) is 8.95.